The highest BCUT2D eigenvalue weighted by Gasteiger charge is 2.46. The molecule has 1 aliphatic rings. The van der Waals surface area contributed by atoms with Gasteiger partial charge in [0.1, 0.15) is 11.3 Å². The van der Waals surface area contributed by atoms with Crippen LogP contribution in [0, 0.1) is 6.92 Å². The molecule has 1 saturated heterocycles. The Morgan fingerprint density at radius 3 is 2.59 bits per heavy atom. The van der Waals surface area contributed by atoms with Gasteiger partial charge in [-0.05, 0) is 24.6 Å². The molecular formula is C22H21N3O4. The molecule has 1 amide bonds. The summed E-state index contributed by atoms with van der Waals surface area (Å²) in [5.41, 5.74) is 2.44. The summed E-state index contributed by atoms with van der Waals surface area (Å²) in [5.74, 6) is -1.59. The molecule has 1 aromatic carbocycles. The van der Waals surface area contributed by atoms with Crippen molar-refractivity contribution in [3.05, 3.63) is 77.3 Å². The van der Waals surface area contributed by atoms with Crippen molar-refractivity contribution in [2.24, 2.45) is 0 Å². The molecule has 0 radical (unpaired) electrons. The van der Waals surface area contributed by atoms with Crippen molar-refractivity contribution < 1.29 is 19.4 Å². The van der Waals surface area contributed by atoms with Gasteiger partial charge in [-0.3, -0.25) is 14.0 Å². The third-order valence-electron chi connectivity index (χ3n) is 5.12. The first kappa shape index (κ1) is 18.9. The fourth-order valence-corrected chi connectivity index (χ4v) is 3.81. The Bertz CT molecular complexity index is 1120. The smallest absolute Gasteiger partial charge is 0.295 e. The van der Waals surface area contributed by atoms with Crippen LogP contribution < -0.4 is 0 Å². The number of imidazole rings is 1. The van der Waals surface area contributed by atoms with Gasteiger partial charge in [-0.15, -0.1) is 0 Å². The van der Waals surface area contributed by atoms with E-state index in [0.717, 1.165) is 5.56 Å². The number of ether oxygens (including phenoxy) is 1. The Kier molecular flexibility index (Phi) is 4.90. The first-order valence-corrected chi connectivity index (χ1v) is 9.31. The topological polar surface area (TPSA) is 84.1 Å². The number of aromatic nitrogens is 2. The highest BCUT2D eigenvalue weighted by Crippen LogP contribution is 2.39. The zero-order chi connectivity index (χ0) is 20.5. The average Bonchev–Trinajstić information content (AvgIpc) is 3.20. The predicted octanol–water partition coefficient (Wildman–Crippen LogP) is 2.71. The number of aliphatic hydroxyl groups is 1. The molecule has 2 aromatic heterocycles. The second kappa shape index (κ2) is 7.52. The maximum Gasteiger partial charge on any atom is 0.295 e. The van der Waals surface area contributed by atoms with Gasteiger partial charge in [-0.2, -0.15) is 0 Å². The highest BCUT2D eigenvalue weighted by atomic mass is 16.5. The lowest BCUT2D eigenvalue weighted by atomic mass is 9.96. The third-order valence-corrected chi connectivity index (χ3v) is 5.12. The zero-order valence-electron chi connectivity index (χ0n) is 16.2. The van der Waals surface area contributed by atoms with Crippen molar-refractivity contribution in [3.63, 3.8) is 0 Å². The number of nitrogens with zero attached hydrogens (tertiary/aromatic N) is 3. The minimum absolute atomic E-state index is 0.0612. The molecule has 0 saturated carbocycles. The molecule has 1 fully saturated rings. The Morgan fingerprint density at radius 1 is 1.14 bits per heavy atom. The molecule has 0 bridgehead atoms. The van der Waals surface area contributed by atoms with Gasteiger partial charge in [0.2, 0.25) is 0 Å². The number of amides is 1. The summed E-state index contributed by atoms with van der Waals surface area (Å²) in [6, 6.07) is 14.0. The van der Waals surface area contributed by atoms with E-state index in [2.05, 4.69) is 4.98 Å². The van der Waals surface area contributed by atoms with E-state index in [1.165, 1.54) is 12.0 Å². The fraction of sp³-hybridized carbons (Fsp3) is 0.227. The largest absolute Gasteiger partial charge is 0.505 e. The molecule has 4 rings (SSSR count). The van der Waals surface area contributed by atoms with Crippen molar-refractivity contribution in [1.29, 1.82) is 0 Å². The van der Waals surface area contributed by atoms with Crippen molar-refractivity contribution in [2.45, 2.75) is 13.0 Å². The fourth-order valence-electron chi connectivity index (χ4n) is 3.81. The minimum Gasteiger partial charge on any atom is -0.505 e. The number of hydrogen-bond donors (Lipinski definition) is 1. The number of methoxy groups -OCH3 is 1. The maximum absolute atomic E-state index is 13.0. The van der Waals surface area contributed by atoms with Crippen LogP contribution >= 0.6 is 0 Å². The number of likely N-dealkylation sites (tertiary alicyclic amines) is 1. The van der Waals surface area contributed by atoms with Gasteiger partial charge in [0.05, 0.1) is 23.9 Å². The molecule has 1 unspecified atom stereocenters. The van der Waals surface area contributed by atoms with Gasteiger partial charge in [-0.25, -0.2) is 4.98 Å². The Balaban J connectivity index is 1.94. The van der Waals surface area contributed by atoms with E-state index in [0.29, 0.717) is 17.0 Å². The summed E-state index contributed by atoms with van der Waals surface area (Å²) in [7, 11) is 1.54. The number of fused-ring (bicyclic) bond motifs is 1. The van der Waals surface area contributed by atoms with Crippen LogP contribution in [0.4, 0.5) is 0 Å². The molecule has 7 nitrogen and oxygen atoms in total. The normalized spacial score (nSPS) is 18.7. The summed E-state index contributed by atoms with van der Waals surface area (Å²) in [6.07, 6.45) is 1.77. The molecule has 1 atom stereocenters. The number of carbonyl (C=O) groups is 2. The van der Waals surface area contributed by atoms with Crippen LogP contribution in [-0.2, 0) is 14.3 Å². The molecule has 29 heavy (non-hydrogen) atoms. The monoisotopic (exact) mass is 391 g/mol. The molecule has 7 heteroatoms. The summed E-state index contributed by atoms with van der Waals surface area (Å²) in [5, 5.41) is 11.2. The van der Waals surface area contributed by atoms with Crippen molar-refractivity contribution in [2.75, 3.05) is 20.3 Å². The van der Waals surface area contributed by atoms with Crippen molar-refractivity contribution >= 4 is 23.1 Å². The quantitative estimate of drug-likeness (QED) is 0.411. The Labute approximate surface area is 167 Å². The number of ketones is 1. The number of hydrogen-bond acceptors (Lipinski definition) is 5. The molecule has 0 aliphatic carbocycles. The van der Waals surface area contributed by atoms with Gasteiger partial charge in [0.15, 0.2) is 5.76 Å². The molecule has 3 heterocycles. The van der Waals surface area contributed by atoms with Crippen molar-refractivity contribution in [3.8, 4) is 0 Å². The van der Waals surface area contributed by atoms with E-state index in [4.69, 9.17) is 4.74 Å². The summed E-state index contributed by atoms with van der Waals surface area (Å²) < 4.78 is 6.84. The number of aryl methyl sites for hydroxylation is 1. The van der Waals surface area contributed by atoms with Crippen LogP contribution in [-0.4, -0.2) is 51.3 Å². The number of carbonyl (C=O) groups excluding carboxylic acids is 2. The molecule has 0 spiro atoms. The van der Waals surface area contributed by atoms with Crippen LogP contribution in [0.3, 0.4) is 0 Å². The lowest BCUT2D eigenvalue weighted by Gasteiger charge is -2.25. The van der Waals surface area contributed by atoms with E-state index in [9.17, 15) is 14.7 Å². The minimum atomic E-state index is -0.710. The van der Waals surface area contributed by atoms with E-state index < -0.39 is 17.7 Å². The summed E-state index contributed by atoms with van der Waals surface area (Å²) >= 11 is 0. The highest BCUT2D eigenvalue weighted by molar-refractivity contribution is 6.46. The number of pyridine rings is 1. The maximum atomic E-state index is 13.0. The average molecular weight is 391 g/mol. The summed E-state index contributed by atoms with van der Waals surface area (Å²) in [4.78, 5) is 31.7. The van der Waals surface area contributed by atoms with E-state index in [1.807, 2.05) is 48.5 Å². The standard InChI is InChI=1S/C22H21N3O4/c1-14-18(24-11-7-6-10-16(24)23-14)20(26)17-19(15-8-4-3-5-9-15)25(12-13-29-2)22(28)21(17)27/h3-11,19,26H,12-13H2,1-2H3/b20-17+. The second-order valence-electron chi connectivity index (χ2n) is 6.87. The number of aliphatic hydroxyl groups excluding tert-OH is 1. The van der Waals surface area contributed by atoms with Gasteiger partial charge in [0.25, 0.3) is 11.7 Å². The SMILES string of the molecule is COCCN1C(=O)C(=O)/C(=C(/O)c2c(C)nc3ccccn23)C1c1ccccc1. The van der Waals surface area contributed by atoms with E-state index in [1.54, 1.807) is 17.5 Å². The van der Waals surface area contributed by atoms with E-state index in [-0.39, 0.29) is 24.5 Å². The lowest BCUT2D eigenvalue weighted by molar-refractivity contribution is -0.140. The van der Waals surface area contributed by atoms with Crippen molar-refractivity contribution in [1.82, 2.24) is 14.3 Å². The molecule has 3 aromatic rings. The Morgan fingerprint density at radius 2 is 1.86 bits per heavy atom. The predicted molar refractivity (Wildman–Crippen MR) is 107 cm³/mol. The third kappa shape index (κ3) is 3.09. The van der Waals surface area contributed by atoms with Gasteiger partial charge in [-0.1, -0.05) is 36.4 Å². The van der Waals surface area contributed by atoms with Crippen LogP contribution in [0.1, 0.15) is 23.0 Å². The van der Waals surface area contributed by atoms with Crippen LogP contribution in [0.25, 0.3) is 11.4 Å². The first-order valence-electron chi connectivity index (χ1n) is 9.31. The van der Waals surface area contributed by atoms with Crippen LogP contribution in [0.15, 0.2) is 60.3 Å². The Hall–Kier alpha value is -3.45. The zero-order valence-corrected chi connectivity index (χ0v) is 16.2. The molecule has 148 valence electrons. The lowest BCUT2D eigenvalue weighted by Crippen LogP contribution is -2.32. The number of Topliss-reactive ketones (excluding diaryl/α,β-unsaturated/α-hetero) is 1. The second-order valence-corrected chi connectivity index (χ2v) is 6.87. The molecule has 1 N–H and O–H groups in total. The molecule has 1 aliphatic heterocycles. The van der Waals surface area contributed by atoms with Crippen LogP contribution in [0.2, 0.25) is 0 Å². The summed E-state index contributed by atoms with van der Waals surface area (Å²) in [6.45, 7) is 2.29. The molecular weight excluding hydrogens is 370 g/mol. The number of rotatable bonds is 5. The van der Waals surface area contributed by atoms with Gasteiger partial charge < -0.3 is 14.7 Å². The first-order chi connectivity index (χ1) is 14.0. The van der Waals surface area contributed by atoms with Gasteiger partial charge >= 0.3 is 0 Å². The van der Waals surface area contributed by atoms with Crippen LogP contribution in [0.5, 0.6) is 0 Å². The van der Waals surface area contributed by atoms with E-state index >= 15 is 0 Å². The van der Waals surface area contributed by atoms with Gasteiger partial charge in [0, 0.05) is 19.9 Å². The number of benzene rings is 1.